The fraction of sp³-hybridized carbons (Fsp3) is 0.222. The van der Waals surface area contributed by atoms with Gasteiger partial charge in [-0.1, -0.05) is 30.0 Å². The summed E-state index contributed by atoms with van der Waals surface area (Å²) in [5.41, 5.74) is -1.70. The van der Waals surface area contributed by atoms with Crippen molar-refractivity contribution < 1.29 is 29.9 Å². The third kappa shape index (κ3) is 11.7. The monoisotopic (exact) mass is 484 g/mol. The summed E-state index contributed by atoms with van der Waals surface area (Å²) in [6.45, 7) is 6.30. The number of rotatable bonds is 3. The van der Waals surface area contributed by atoms with E-state index in [1.54, 1.807) is 82.3 Å². The molecule has 0 spiro atoms. The fourth-order valence-electron chi connectivity index (χ4n) is 2.39. The van der Waals surface area contributed by atoms with Crippen molar-refractivity contribution >= 4 is 24.3 Å². The number of aromatic carboxylic acids is 1. The molecule has 5 N–H and O–H groups in total. The zero-order valence-electron chi connectivity index (χ0n) is 19.8. The molecule has 0 unspecified atom stereocenters. The van der Waals surface area contributed by atoms with Gasteiger partial charge in [-0.25, -0.2) is 4.79 Å². The molecule has 3 aromatic rings. The van der Waals surface area contributed by atoms with Crippen LogP contribution in [0.4, 0.5) is 0 Å². The van der Waals surface area contributed by atoms with E-state index in [1.165, 1.54) is 0 Å². The second kappa shape index (κ2) is 13.0. The summed E-state index contributed by atoms with van der Waals surface area (Å²) < 4.78 is 0. The summed E-state index contributed by atoms with van der Waals surface area (Å²) in [5.74, 6) is 4.16. The molecule has 0 saturated heterocycles. The van der Waals surface area contributed by atoms with Gasteiger partial charge in [-0.05, 0) is 39.8 Å². The molecule has 0 aliphatic heterocycles. The average molecular weight is 485 g/mol. The Labute approximate surface area is 201 Å². The van der Waals surface area contributed by atoms with E-state index in [1.807, 2.05) is 36.4 Å². The minimum absolute atomic E-state index is 0.331. The normalized spacial score (nSPS) is 11.4. The first-order chi connectivity index (χ1) is 15.7. The van der Waals surface area contributed by atoms with E-state index in [2.05, 4.69) is 11.8 Å². The standard InChI is InChI=1S/C12H13O2P.C8H14O2.C7H6O2/c13-15(14,11-7-3-1-4-8-11)12-9-5-2-6-10-12;1-7(2,9)5-6-8(3,4)10;8-7(9)6-4-2-1-3-5-6/h1-10,13-15H;9-10H,1-4H3;1-5H,(H,8,9). The van der Waals surface area contributed by atoms with Crippen LogP contribution in [0.1, 0.15) is 38.1 Å². The molecular weight excluding hydrogens is 451 g/mol. The van der Waals surface area contributed by atoms with Crippen molar-refractivity contribution in [2.75, 3.05) is 0 Å². The Morgan fingerprint density at radius 3 is 1.18 bits per heavy atom. The van der Waals surface area contributed by atoms with Gasteiger partial charge in [0.1, 0.15) is 11.2 Å². The summed E-state index contributed by atoms with van der Waals surface area (Å²) in [7, 11) is -3.46. The van der Waals surface area contributed by atoms with E-state index >= 15 is 0 Å². The van der Waals surface area contributed by atoms with Crippen molar-refractivity contribution in [2.45, 2.75) is 38.9 Å². The second-order valence-electron chi connectivity index (χ2n) is 8.44. The van der Waals surface area contributed by atoms with Gasteiger partial charge in [0, 0.05) is 0 Å². The molecule has 0 atom stereocenters. The van der Waals surface area contributed by atoms with E-state index in [0.29, 0.717) is 16.2 Å². The van der Waals surface area contributed by atoms with Crippen LogP contribution < -0.4 is 10.6 Å². The van der Waals surface area contributed by atoms with E-state index < -0.39 is 24.9 Å². The van der Waals surface area contributed by atoms with Crippen LogP contribution in [0, 0.1) is 11.8 Å². The van der Waals surface area contributed by atoms with Crippen molar-refractivity contribution in [3.05, 3.63) is 96.6 Å². The number of aliphatic hydroxyl groups is 2. The SMILES string of the molecule is CC(C)(O)C#CC(C)(C)O.O=C(O)c1ccccc1.O[PH](O)(c1ccccc1)c1ccccc1. The summed E-state index contributed by atoms with van der Waals surface area (Å²) in [4.78, 5) is 30.5. The summed E-state index contributed by atoms with van der Waals surface area (Å²) in [6.07, 6.45) is 0. The van der Waals surface area contributed by atoms with Gasteiger partial charge >= 0.3 is 94.7 Å². The molecule has 0 aliphatic rings. The van der Waals surface area contributed by atoms with Crippen LogP contribution >= 0.6 is 7.72 Å². The molecule has 0 radical (unpaired) electrons. The van der Waals surface area contributed by atoms with Crippen LogP contribution in [0.15, 0.2) is 91.0 Å². The number of benzene rings is 3. The Morgan fingerprint density at radius 1 is 0.647 bits per heavy atom. The molecule has 0 saturated carbocycles. The summed E-state index contributed by atoms with van der Waals surface area (Å²) in [5, 5.41) is 27.8. The van der Waals surface area contributed by atoms with Gasteiger partial charge in [-0.3, -0.25) is 0 Å². The summed E-state index contributed by atoms with van der Waals surface area (Å²) in [6, 6.07) is 26.3. The van der Waals surface area contributed by atoms with Gasteiger partial charge < -0.3 is 15.3 Å². The minimum atomic E-state index is -3.46. The zero-order valence-corrected chi connectivity index (χ0v) is 20.8. The van der Waals surface area contributed by atoms with Gasteiger partial charge in [0.25, 0.3) is 0 Å². The number of hydrogen-bond donors (Lipinski definition) is 5. The van der Waals surface area contributed by atoms with Crippen molar-refractivity contribution in [1.29, 1.82) is 0 Å². The van der Waals surface area contributed by atoms with Crippen LogP contribution in [0.2, 0.25) is 0 Å². The molecule has 0 amide bonds. The number of hydrogen-bond acceptors (Lipinski definition) is 5. The van der Waals surface area contributed by atoms with Crippen LogP contribution in [-0.2, 0) is 0 Å². The number of carboxylic acid groups (broad SMARTS) is 1. The van der Waals surface area contributed by atoms with E-state index in [0.717, 1.165) is 0 Å². The summed E-state index contributed by atoms with van der Waals surface area (Å²) >= 11 is 0. The molecule has 182 valence electrons. The molecule has 34 heavy (non-hydrogen) atoms. The Bertz CT molecular complexity index is 999. The van der Waals surface area contributed by atoms with Gasteiger partial charge in [-0.2, -0.15) is 0 Å². The van der Waals surface area contributed by atoms with Crippen LogP contribution in [-0.4, -0.2) is 42.3 Å². The van der Waals surface area contributed by atoms with Crippen LogP contribution in [0.3, 0.4) is 0 Å². The Balaban J connectivity index is 0.000000268. The first-order valence-corrected chi connectivity index (χ1v) is 12.4. The van der Waals surface area contributed by atoms with Crippen LogP contribution in [0.25, 0.3) is 0 Å². The predicted molar refractivity (Wildman–Crippen MR) is 139 cm³/mol. The molecule has 3 rings (SSSR count). The molecule has 6 nitrogen and oxygen atoms in total. The Hall–Kier alpha value is -3.04. The first-order valence-electron chi connectivity index (χ1n) is 10.6. The van der Waals surface area contributed by atoms with Crippen molar-refractivity contribution in [2.24, 2.45) is 0 Å². The maximum absolute atomic E-state index is 10.2. The van der Waals surface area contributed by atoms with E-state index in [4.69, 9.17) is 15.3 Å². The van der Waals surface area contributed by atoms with Gasteiger partial charge in [-0.15, -0.1) is 0 Å². The van der Waals surface area contributed by atoms with Crippen molar-refractivity contribution in [1.82, 2.24) is 0 Å². The number of carboxylic acids is 1. The molecular formula is C27H33O6P. The first kappa shape index (κ1) is 29.0. The second-order valence-corrected chi connectivity index (χ2v) is 10.9. The molecule has 0 aromatic heterocycles. The molecule has 0 fully saturated rings. The van der Waals surface area contributed by atoms with E-state index in [-0.39, 0.29) is 0 Å². The van der Waals surface area contributed by atoms with Gasteiger partial charge in [0.05, 0.1) is 5.56 Å². The molecule has 0 aliphatic carbocycles. The van der Waals surface area contributed by atoms with E-state index in [9.17, 15) is 14.6 Å². The fourth-order valence-corrected chi connectivity index (χ4v) is 4.04. The zero-order chi connectivity index (χ0) is 25.8. The Morgan fingerprint density at radius 2 is 0.941 bits per heavy atom. The molecule has 0 heterocycles. The van der Waals surface area contributed by atoms with Crippen molar-refractivity contribution in [3.8, 4) is 11.8 Å². The third-order valence-electron chi connectivity index (χ3n) is 4.05. The van der Waals surface area contributed by atoms with Crippen molar-refractivity contribution in [3.63, 3.8) is 0 Å². The molecule has 3 aromatic carbocycles. The van der Waals surface area contributed by atoms with Crippen LogP contribution in [0.5, 0.6) is 0 Å². The third-order valence-corrected chi connectivity index (χ3v) is 6.32. The maximum atomic E-state index is 10.2. The Kier molecular flexibility index (Phi) is 11.1. The average Bonchev–Trinajstić information content (AvgIpc) is 2.79. The predicted octanol–water partition coefficient (Wildman–Crippen LogP) is 3.12. The number of carbonyl (C=O) groups is 1. The topological polar surface area (TPSA) is 118 Å². The van der Waals surface area contributed by atoms with Gasteiger partial charge in [0.2, 0.25) is 0 Å². The quantitative estimate of drug-likeness (QED) is 0.288. The van der Waals surface area contributed by atoms with Gasteiger partial charge in [0.15, 0.2) is 0 Å². The molecule has 0 bridgehead atoms. The molecule has 7 heteroatoms.